The molecule has 5 heteroatoms. The summed E-state index contributed by atoms with van der Waals surface area (Å²) in [5.41, 5.74) is 0.358. The Balaban J connectivity index is 2.09. The molecular formula is C15H12O5. The Hall–Kier alpha value is -2.69. The Bertz CT molecular complexity index is 726. The highest BCUT2D eigenvalue weighted by molar-refractivity contribution is 6.02. The van der Waals surface area contributed by atoms with Gasteiger partial charge in [-0.1, -0.05) is 12.1 Å². The van der Waals surface area contributed by atoms with Crippen LogP contribution >= 0.6 is 0 Å². The first-order valence-corrected chi connectivity index (χ1v) is 5.97. The highest BCUT2D eigenvalue weighted by Crippen LogP contribution is 2.41. The van der Waals surface area contributed by atoms with Crippen molar-refractivity contribution in [3.8, 4) is 23.0 Å². The van der Waals surface area contributed by atoms with E-state index in [0.717, 1.165) is 6.07 Å². The molecule has 1 aliphatic rings. The average Bonchev–Trinajstić information content (AvgIpc) is 2.37. The average molecular weight is 273 g/mol. The SMILES string of the molecule is [2H][C@@]1(c2ccc(O)cc2)CC(=O)c2c(O)cc(O)cc2O1. The van der Waals surface area contributed by atoms with E-state index in [9.17, 15) is 20.1 Å². The summed E-state index contributed by atoms with van der Waals surface area (Å²) in [6.45, 7) is 0. The van der Waals surface area contributed by atoms with Gasteiger partial charge in [0.2, 0.25) is 0 Å². The van der Waals surface area contributed by atoms with Crippen LogP contribution in [0, 0.1) is 0 Å². The smallest absolute Gasteiger partial charge is 0.174 e. The van der Waals surface area contributed by atoms with E-state index in [0.29, 0.717) is 5.56 Å². The Labute approximate surface area is 116 Å². The Morgan fingerprint density at radius 1 is 1.10 bits per heavy atom. The van der Waals surface area contributed by atoms with Gasteiger partial charge in [0.05, 0.1) is 7.79 Å². The number of carbonyl (C=O) groups excluding carboxylic acids is 1. The summed E-state index contributed by atoms with van der Waals surface area (Å²) >= 11 is 0. The van der Waals surface area contributed by atoms with Crippen molar-refractivity contribution in [3.05, 3.63) is 47.5 Å². The van der Waals surface area contributed by atoms with Gasteiger partial charge >= 0.3 is 0 Å². The van der Waals surface area contributed by atoms with Crippen LogP contribution < -0.4 is 4.74 Å². The maximum Gasteiger partial charge on any atom is 0.174 e. The van der Waals surface area contributed by atoms with Gasteiger partial charge in [-0.25, -0.2) is 0 Å². The summed E-state index contributed by atoms with van der Waals surface area (Å²) in [6, 6.07) is 8.02. The lowest BCUT2D eigenvalue weighted by atomic mass is 9.95. The number of benzene rings is 2. The molecular weight excluding hydrogens is 260 g/mol. The molecule has 0 saturated carbocycles. The van der Waals surface area contributed by atoms with Gasteiger partial charge in [-0.3, -0.25) is 4.79 Å². The first kappa shape index (κ1) is 11.2. The van der Waals surface area contributed by atoms with E-state index in [1.54, 1.807) is 0 Å². The molecule has 3 rings (SSSR count). The largest absolute Gasteiger partial charge is 0.508 e. The number of ketones is 1. The van der Waals surface area contributed by atoms with Crippen molar-refractivity contribution in [2.75, 3.05) is 0 Å². The summed E-state index contributed by atoms with van der Waals surface area (Å²) < 4.78 is 13.9. The molecule has 20 heavy (non-hydrogen) atoms. The van der Waals surface area contributed by atoms with Gasteiger partial charge in [0.1, 0.15) is 34.6 Å². The molecule has 1 aliphatic heterocycles. The monoisotopic (exact) mass is 273 g/mol. The van der Waals surface area contributed by atoms with Crippen LogP contribution in [0.25, 0.3) is 0 Å². The second-order valence-corrected chi connectivity index (χ2v) is 4.51. The quantitative estimate of drug-likeness (QED) is 0.743. The summed E-state index contributed by atoms with van der Waals surface area (Å²) in [4.78, 5) is 12.2. The Morgan fingerprint density at radius 3 is 2.50 bits per heavy atom. The number of aromatic hydroxyl groups is 3. The number of hydrogen-bond acceptors (Lipinski definition) is 5. The maximum absolute atomic E-state index is 12.2. The van der Waals surface area contributed by atoms with Crippen LogP contribution in [0.4, 0.5) is 0 Å². The van der Waals surface area contributed by atoms with Gasteiger partial charge in [0, 0.05) is 12.1 Å². The van der Waals surface area contributed by atoms with E-state index in [1.807, 2.05) is 0 Å². The van der Waals surface area contributed by atoms with Crippen LogP contribution in [0.2, 0.25) is 0 Å². The maximum atomic E-state index is 12.2. The van der Waals surface area contributed by atoms with Crippen LogP contribution in [0.1, 0.15) is 29.8 Å². The molecule has 0 amide bonds. The van der Waals surface area contributed by atoms with Crippen molar-refractivity contribution in [2.24, 2.45) is 0 Å². The molecule has 5 nitrogen and oxygen atoms in total. The molecule has 0 aromatic heterocycles. The first-order chi connectivity index (χ1) is 9.89. The number of rotatable bonds is 1. The fourth-order valence-electron chi connectivity index (χ4n) is 2.16. The minimum Gasteiger partial charge on any atom is -0.508 e. The fraction of sp³-hybridized carbons (Fsp3) is 0.133. The topological polar surface area (TPSA) is 87.0 Å². The lowest BCUT2D eigenvalue weighted by Crippen LogP contribution is -2.20. The predicted octanol–water partition coefficient (Wildman–Crippen LogP) is 2.51. The Morgan fingerprint density at radius 2 is 1.80 bits per heavy atom. The van der Waals surface area contributed by atoms with Crippen molar-refractivity contribution < 1.29 is 26.2 Å². The third-order valence-electron chi connectivity index (χ3n) is 3.09. The van der Waals surface area contributed by atoms with Crippen molar-refractivity contribution in [1.82, 2.24) is 0 Å². The van der Waals surface area contributed by atoms with Crippen molar-refractivity contribution in [1.29, 1.82) is 0 Å². The molecule has 102 valence electrons. The summed E-state index contributed by atoms with van der Waals surface area (Å²) in [7, 11) is 0. The second-order valence-electron chi connectivity index (χ2n) is 4.51. The van der Waals surface area contributed by atoms with Crippen LogP contribution in [0.3, 0.4) is 0 Å². The number of phenolic OH excluding ortho intramolecular Hbond substituents is 3. The Kier molecular flexibility index (Phi) is 2.48. The van der Waals surface area contributed by atoms with Gasteiger partial charge in [-0.05, 0) is 17.7 Å². The molecule has 1 atom stereocenters. The first-order valence-electron chi connectivity index (χ1n) is 6.47. The highest BCUT2D eigenvalue weighted by Gasteiger charge is 2.30. The van der Waals surface area contributed by atoms with Gasteiger partial charge in [0.25, 0.3) is 0 Å². The molecule has 0 bridgehead atoms. The van der Waals surface area contributed by atoms with Gasteiger partial charge < -0.3 is 20.1 Å². The van der Waals surface area contributed by atoms with Crippen LogP contribution in [0.5, 0.6) is 23.0 Å². The molecule has 0 fully saturated rings. The van der Waals surface area contributed by atoms with Crippen LogP contribution in [0.15, 0.2) is 36.4 Å². The van der Waals surface area contributed by atoms with Gasteiger partial charge in [-0.15, -0.1) is 0 Å². The number of phenols is 3. The lowest BCUT2D eigenvalue weighted by molar-refractivity contribution is 0.0845. The number of hydrogen-bond donors (Lipinski definition) is 3. The standard InChI is InChI=1S/C15H12O5/c16-9-3-1-8(2-4-9)13-7-12(19)15-11(18)5-10(17)6-14(15)20-13/h1-6,13,16-18H,7H2/t13-/m0/s1/i13D. The minimum absolute atomic E-state index is 0.0329. The normalized spacial score (nSPS) is 21.8. The predicted molar refractivity (Wildman–Crippen MR) is 70.2 cm³/mol. The van der Waals surface area contributed by atoms with Crippen molar-refractivity contribution in [2.45, 2.75) is 12.5 Å². The number of Topliss-reactive ketones (excluding diaryl/α,β-unsaturated/α-hetero) is 1. The molecule has 0 unspecified atom stereocenters. The number of ether oxygens (including phenoxy) is 1. The number of fused-ring (bicyclic) bond motifs is 1. The van der Waals surface area contributed by atoms with Gasteiger partial charge in [0.15, 0.2) is 5.78 Å². The molecule has 0 aliphatic carbocycles. The van der Waals surface area contributed by atoms with Crippen LogP contribution in [-0.4, -0.2) is 21.1 Å². The molecule has 0 saturated heterocycles. The van der Waals surface area contributed by atoms with E-state index in [1.165, 1.54) is 30.3 Å². The van der Waals surface area contributed by atoms with Gasteiger partial charge in [-0.2, -0.15) is 0 Å². The number of carbonyl (C=O) groups is 1. The molecule has 3 N–H and O–H groups in total. The molecule has 0 spiro atoms. The zero-order chi connectivity index (χ0) is 15.2. The van der Waals surface area contributed by atoms with E-state index in [-0.39, 0.29) is 35.0 Å². The highest BCUT2D eigenvalue weighted by atomic mass is 16.5. The zero-order valence-corrected chi connectivity index (χ0v) is 10.3. The molecule has 2 aromatic carbocycles. The van der Waals surface area contributed by atoms with E-state index in [2.05, 4.69) is 0 Å². The summed E-state index contributed by atoms with van der Waals surface area (Å²) in [5, 5.41) is 28.5. The zero-order valence-electron chi connectivity index (χ0n) is 11.3. The van der Waals surface area contributed by atoms with E-state index in [4.69, 9.17) is 6.11 Å². The third-order valence-corrected chi connectivity index (χ3v) is 3.09. The molecule has 2 aromatic rings. The second kappa shape index (κ2) is 4.45. The summed E-state index contributed by atoms with van der Waals surface area (Å²) in [5.74, 6) is -1.07. The van der Waals surface area contributed by atoms with E-state index >= 15 is 0 Å². The van der Waals surface area contributed by atoms with Crippen molar-refractivity contribution in [3.63, 3.8) is 0 Å². The third kappa shape index (κ3) is 2.03. The fourth-order valence-corrected chi connectivity index (χ4v) is 2.16. The molecule has 0 radical (unpaired) electrons. The lowest BCUT2D eigenvalue weighted by Gasteiger charge is -2.26. The van der Waals surface area contributed by atoms with E-state index < -0.39 is 11.9 Å². The molecule has 1 heterocycles. The minimum atomic E-state index is -1.67. The van der Waals surface area contributed by atoms with Crippen molar-refractivity contribution >= 4 is 5.78 Å². The van der Waals surface area contributed by atoms with Crippen LogP contribution in [-0.2, 0) is 0 Å². The summed E-state index contributed by atoms with van der Waals surface area (Å²) in [6.07, 6.45) is -1.94.